The van der Waals surface area contributed by atoms with E-state index < -0.39 is 17.2 Å². The van der Waals surface area contributed by atoms with Crippen molar-refractivity contribution in [3.8, 4) is 0 Å². The van der Waals surface area contributed by atoms with Gasteiger partial charge in [0.25, 0.3) is 0 Å². The number of carbonyl (C=O) groups is 1. The molecule has 112 valence electrons. The highest BCUT2D eigenvalue weighted by atomic mass is 35.5. The molecule has 20 heavy (non-hydrogen) atoms. The molecule has 0 saturated heterocycles. The third-order valence-electron chi connectivity index (χ3n) is 3.67. The monoisotopic (exact) mass is 304 g/mol. The summed E-state index contributed by atoms with van der Waals surface area (Å²) in [5.74, 6) is -1.39. The van der Waals surface area contributed by atoms with Crippen LogP contribution in [0.15, 0.2) is 18.2 Å². The molecule has 1 aromatic rings. The zero-order chi connectivity index (χ0) is 13.9. The Balaban J connectivity index is 0.00000200. The minimum absolute atomic E-state index is 0. The SMILES string of the molecule is Cl.NC1(C(=O)NCCc2c(F)cccc2F)CCCC1. The molecule has 0 atom stereocenters. The van der Waals surface area contributed by atoms with Crippen LogP contribution in [0.1, 0.15) is 31.2 Å². The van der Waals surface area contributed by atoms with Crippen LogP contribution in [-0.2, 0) is 11.2 Å². The number of halogens is 3. The Bertz CT molecular complexity index is 456. The second kappa shape index (κ2) is 6.99. The van der Waals surface area contributed by atoms with Crippen molar-refractivity contribution in [1.29, 1.82) is 0 Å². The molecule has 0 aliphatic heterocycles. The molecule has 3 nitrogen and oxygen atoms in total. The summed E-state index contributed by atoms with van der Waals surface area (Å²) in [6.07, 6.45) is 3.37. The Kier molecular flexibility index (Phi) is 5.89. The lowest BCUT2D eigenvalue weighted by Crippen LogP contribution is -2.52. The van der Waals surface area contributed by atoms with Crippen molar-refractivity contribution in [2.24, 2.45) is 5.73 Å². The Hall–Kier alpha value is -1.20. The third kappa shape index (κ3) is 3.67. The fourth-order valence-corrected chi connectivity index (χ4v) is 2.48. The van der Waals surface area contributed by atoms with Gasteiger partial charge in [-0.25, -0.2) is 8.78 Å². The minimum Gasteiger partial charge on any atom is -0.354 e. The van der Waals surface area contributed by atoms with Gasteiger partial charge in [0.05, 0.1) is 5.54 Å². The molecule has 1 fully saturated rings. The van der Waals surface area contributed by atoms with Gasteiger partial charge >= 0.3 is 0 Å². The lowest BCUT2D eigenvalue weighted by Gasteiger charge is -2.22. The first-order valence-electron chi connectivity index (χ1n) is 6.53. The minimum atomic E-state index is -0.798. The van der Waals surface area contributed by atoms with Gasteiger partial charge in [0.1, 0.15) is 11.6 Å². The van der Waals surface area contributed by atoms with Crippen molar-refractivity contribution in [2.45, 2.75) is 37.6 Å². The zero-order valence-electron chi connectivity index (χ0n) is 11.1. The van der Waals surface area contributed by atoms with Crippen LogP contribution in [0.4, 0.5) is 8.78 Å². The largest absolute Gasteiger partial charge is 0.354 e. The van der Waals surface area contributed by atoms with Crippen molar-refractivity contribution in [1.82, 2.24) is 5.32 Å². The molecular weight excluding hydrogens is 286 g/mol. The van der Waals surface area contributed by atoms with E-state index >= 15 is 0 Å². The summed E-state index contributed by atoms with van der Waals surface area (Å²) in [5, 5.41) is 2.67. The van der Waals surface area contributed by atoms with Crippen molar-refractivity contribution >= 4 is 18.3 Å². The van der Waals surface area contributed by atoms with Gasteiger partial charge in [-0.15, -0.1) is 12.4 Å². The molecule has 0 spiro atoms. The second-order valence-corrected chi connectivity index (χ2v) is 5.07. The number of benzene rings is 1. The molecule has 0 radical (unpaired) electrons. The number of amides is 1. The average Bonchev–Trinajstić information content (AvgIpc) is 2.81. The van der Waals surface area contributed by atoms with Crippen molar-refractivity contribution < 1.29 is 13.6 Å². The van der Waals surface area contributed by atoms with Crippen LogP contribution >= 0.6 is 12.4 Å². The van der Waals surface area contributed by atoms with Crippen molar-refractivity contribution in [3.05, 3.63) is 35.4 Å². The van der Waals surface area contributed by atoms with Crippen molar-refractivity contribution in [2.75, 3.05) is 6.54 Å². The Morgan fingerprint density at radius 2 is 1.80 bits per heavy atom. The van der Waals surface area contributed by atoms with Crippen LogP contribution < -0.4 is 11.1 Å². The van der Waals surface area contributed by atoms with E-state index in [4.69, 9.17) is 5.73 Å². The molecule has 1 aliphatic rings. The number of carbonyl (C=O) groups excluding carboxylic acids is 1. The Morgan fingerprint density at radius 3 is 2.35 bits per heavy atom. The second-order valence-electron chi connectivity index (χ2n) is 5.07. The van der Waals surface area contributed by atoms with E-state index in [0.29, 0.717) is 12.8 Å². The van der Waals surface area contributed by atoms with Crippen LogP contribution in [0.5, 0.6) is 0 Å². The molecule has 1 aromatic carbocycles. The first-order chi connectivity index (χ1) is 9.03. The molecule has 3 N–H and O–H groups in total. The molecule has 2 rings (SSSR count). The van der Waals surface area contributed by atoms with Gasteiger partial charge in [0.15, 0.2) is 0 Å². The number of nitrogens with two attached hydrogens (primary N) is 1. The molecule has 0 bridgehead atoms. The van der Waals surface area contributed by atoms with E-state index in [1.165, 1.54) is 18.2 Å². The lowest BCUT2D eigenvalue weighted by atomic mass is 9.98. The van der Waals surface area contributed by atoms with E-state index in [9.17, 15) is 13.6 Å². The molecular formula is C14H19ClF2N2O. The van der Waals surface area contributed by atoms with Crippen LogP contribution in [0.2, 0.25) is 0 Å². The molecule has 0 heterocycles. The van der Waals surface area contributed by atoms with Gasteiger partial charge < -0.3 is 11.1 Å². The smallest absolute Gasteiger partial charge is 0.240 e. The maximum Gasteiger partial charge on any atom is 0.240 e. The van der Waals surface area contributed by atoms with Crippen molar-refractivity contribution in [3.63, 3.8) is 0 Å². The standard InChI is InChI=1S/C14H18F2N2O.ClH/c15-11-4-3-5-12(16)10(11)6-9-18-13(19)14(17)7-1-2-8-14;/h3-5H,1-2,6-9,17H2,(H,18,19);1H. The quantitative estimate of drug-likeness (QED) is 0.897. The number of hydrogen-bond donors (Lipinski definition) is 2. The zero-order valence-corrected chi connectivity index (χ0v) is 11.9. The summed E-state index contributed by atoms with van der Waals surface area (Å²) in [5.41, 5.74) is 5.18. The Labute approximate surface area is 123 Å². The number of rotatable bonds is 4. The van der Waals surface area contributed by atoms with Crippen LogP contribution in [0.25, 0.3) is 0 Å². The van der Waals surface area contributed by atoms with Gasteiger partial charge in [-0.2, -0.15) is 0 Å². The van der Waals surface area contributed by atoms with Gasteiger partial charge in [-0.1, -0.05) is 18.9 Å². The van der Waals surface area contributed by atoms with Gasteiger partial charge in [-0.3, -0.25) is 4.79 Å². The maximum atomic E-state index is 13.4. The van der Waals surface area contributed by atoms with Gasteiger partial charge in [-0.05, 0) is 31.4 Å². The average molecular weight is 305 g/mol. The maximum absolute atomic E-state index is 13.4. The number of hydrogen-bond acceptors (Lipinski definition) is 2. The predicted molar refractivity (Wildman–Crippen MR) is 75.7 cm³/mol. The highest BCUT2D eigenvalue weighted by Crippen LogP contribution is 2.27. The van der Waals surface area contributed by atoms with E-state index in [-0.39, 0.29) is 36.8 Å². The summed E-state index contributed by atoms with van der Waals surface area (Å²) in [6, 6.07) is 3.74. The van der Waals surface area contributed by atoms with E-state index in [0.717, 1.165) is 12.8 Å². The van der Waals surface area contributed by atoms with Crippen LogP contribution in [0.3, 0.4) is 0 Å². The van der Waals surface area contributed by atoms with E-state index in [1.54, 1.807) is 0 Å². The topological polar surface area (TPSA) is 55.1 Å². The molecule has 1 aliphatic carbocycles. The lowest BCUT2D eigenvalue weighted by molar-refractivity contribution is -0.126. The van der Waals surface area contributed by atoms with Crippen LogP contribution in [-0.4, -0.2) is 18.0 Å². The normalized spacial score (nSPS) is 16.6. The summed E-state index contributed by atoms with van der Waals surface area (Å²) in [6.45, 7) is 0.190. The molecule has 1 amide bonds. The number of nitrogens with one attached hydrogen (secondary N) is 1. The summed E-state index contributed by atoms with van der Waals surface area (Å²) in [4.78, 5) is 11.9. The molecule has 6 heteroatoms. The first kappa shape index (κ1) is 16.9. The molecule has 0 aromatic heterocycles. The highest BCUT2D eigenvalue weighted by molar-refractivity contribution is 5.86. The highest BCUT2D eigenvalue weighted by Gasteiger charge is 2.36. The third-order valence-corrected chi connectivity index (χ3v) is 3.67. The van der Waals surface area contributed by atoms with Crippen LogP contribution in [0, 0.1) is 11.6 Å². The molecule has 1 saturated carbocycles. The summed E-state index contributed by atoms with van der Waals surface area (Å²) in [7, 11) is 0. The predicted octanol–water partition coefficient (Wildman–Crippen LogP) is 2.32. The van der Waals surface area contributed by atoms with E-state index in [1.807, 2.05) is 0 Å². The fraction of sp³-hybridized carbons (Fsp3) is 0.500. The first-order valence-corrected chi connectivity index (χ1v) is 6.53. The fourth-order valence-electron chi connectivity index (χ4n) is 2.48. The van der Waals surface area contributed by atoms with Gasteiger partial charge in [0, 0.05) is 12.1 Å². The molecule has 0 unspecified atom stereocenters. The summed E-state index contributed by atoms with van der Waals surface area (Å²) >= 11 is 0. The van der Waals surface area contributed by atoms with E-state index in [2.05, 4.69) is 5.32 Å². The Morgan fingerprint density at radius 1 is 1.25 bits per heavy atom. The summed E-state index contributed by atoms with van der Waals surface area (Å²) < 4.78 is 26.7. The van der Waals surface area contributed by atoms with Gasteiger partial charge in [0.2, 0.25) is 5.91 Å².